The van der Waals surface area contributed by atoms with Crippen LogP contribution in [0.15, 0.2) is 0 Å². The van der Waals surface area contributed by atoms with Gasteiger partial charge in [-0.15, -0.1) is 0 Å². The molecule has 0 aromatic heterocycles. The van der Waals surface area contributed by atoms with E-state index in [0.717, 1.165) is 12.8 Å². The van der Waals surface area contributed by atoms with Crippen LogP contribution in [0.4, 0.5) is 0 Å². The highest BCUT2D eigenvalue weighted by atomic mass is 28.4. The molecule has 2 aliphatic rings. The van der Waals surface area contributed by atoms with Crippen molar-refractivity contribution in [1.82, 2.24) is 0 Å². The molecule has 2 rings (SSSR count). The fraction of sp³-hybridized carbons (Fsp3) is 1.00. The average molecular weight is 270 g/mol. The maximum atomic E-state index is 10.4. The van der Waals surface area contributed by atoms with Crippen LogP contribution >= 0.6 is 0 Å². The van der Waals surface area contributed by atoms with E-state index >= 15 is 0 Å². The molecule has 0 saturated heterocycles. The Morgan fingerprint density at radius 1 is 1.11 bits per heavy atom. The van der Waals surface area contributed by atoms with Crippen molar-refractivity contribution in [3.05, 3.63) is 0 Å². The van der Waals surface area contributed by atoms with Crippen LogP contribution in [0.2, 0.25) is 18.1 Å². The minimum Gasteiger partial charge on any atom is -0.413 e. The van der Waals surface area contributed by atoms with Crippen LogP contribution < -0.4 is 0 Å². The maximum absolute atomic E-state index is 10.4. The fourth-order valence-electron chi connectivity index (χ4n) is 3.52. The molecular weight excluding hydrogens is 240 g/mol. The van der Waals surface area contributed by atoms with E-state index in [1.54, 1.807) is 0 Å². The second-order valence-electron chi connectivity index (χ2n) is 7.90. The van der Waals surface area contributed by atoms with Crippen LogP contribution in [0.5, 0.6) is 0 Å². The summed E-state index contributed by atoms with van der Waals surface area (Å²) in [6, 6.07) is 0. The van der Waals surface area contributed by atoms with Gasteiger partial charge in [-0.1, -0.05) is 33.6 Å². The number of aliphatic hydroxyl groups excluding tert-OH is 1. The first kappa shape index (κ1) is 14.5. The summed E-state index contributed by atoms with van der Waals surface area (Å²) in [6.07, 6.45) is 7.10. The largest absolute Gasteiger partial charge is 0.413 e. The normalized spacial score (nSPS) is 37.7. The van der Waals surface area contributed by atoms with Crippen molar-refractivity contribution in [2.75, 3.05) is 0 Å². The first-order valence-electron chi connectivity index (χ1n) is 7.55. The van der Waals surface area contributed by atoms with E-state index in [1.807, 2.05) is 0 Å². The van der Waals surface area contributed by atoms with Crippen molar-refractivity contribution in [2.45, 2.75) is 89.6 Å². The summed E-state index contributed by atoms with van der Waals surface area (Å²) in [4.78, 5) is 0. The molecule has 0 aliphatic heterocycles. The average Bonchev–Trinajstić information content (AvgIpc) is 2.76. The lowest BCUT2D eigenvalue weighted by molar-refractivity contribution is -0.0237. The molecule has 0 amide bonds. The molecule has 2 fully saturated rings. The van der Waals surface area contributed by atoms with Crippen molar-refractivity contribution < 1.29 is 9.53 Å². The monoisotopic (exact) mass is 270 g/mol. The van der Waals surface area contributed by atoms with Crippen molar-refractivity contribution in [3.8, 4) is 0 Å². The first-order chi connectivity index (χ1) is 8.19. The van der Waals surface area contributed by atoms with E-state index in [4.69, 9.17) is 4.43 Å². The van der Waals surface area contributed by atoms with Crippen LogP contribution in [0, 0.1) is 5.41 Å². The van der Waals surface area contributed by atoms with Crippen molar-refractivity contribution in [3.63, 3.8) is 0 Å². The molecule has 3 atom stereocenters. The summed E-state index contributed by atoms with van der Waals surface area (Å²) < 4.78 is 6.65. The third-order valence-electron chi connectivity index (χ3n) is 5.78. The Labute approximate surface area is 113 Å². The number of rotatable bonds is 2. The van der Waals surface area contributed by atoms with Gasteiger partial charge >= 0.3 is 0 Å². The molecule has 1 unspecified atom stereocenters. The summed E-state index contributed by atoms with van der Waals surface area (Å²) in [5.74, 6) is 0. The Morgan fingerprint density at radius 2 is 1.67 bits per heavy atom. The zero-order valence-corrected chi connectivity index (χ0v) is 13.8. The van der Waals surface area contributed by atoms with E-state index < -0.39 is 8.32 Å². The summed E-state index contributed by atoms with van der Waals surface area (Å²) in [6.45, 7) is 11.6. The molecule has 2 saturated carbocycles. The lowest BCUT2D eigenvalue weighted by Crippen LogP contribution is -2.49. The highest BCUT2D eigenvalue weighted by Crippen LogP contribution is 2.53. The summed E-state index contributed by atoms with van der Waals surface area (Å²) in [5.41, 5.74) is 0.107. The van der Waals surface area contributed by atoms with Gasteiger partial charge in [-0.3, -0.25) is 0 Å². The van der Waals surface area contributed by atoms with E-state index in [9.17, 15) is 5.11 Å². The van der Waals surface area contributed by atoms with Crippen LogP contribution in [0.3, 0.4) is 0 Å². The van der Waals surface area contributed by atoms with Crippen LogP contribution in [-0.2, 0) is 4.43 Å². The van der Waals surface area contributed by atoms with Crippen molar-refractivity contribution in [2.24, 2.45) is 5.41 Å². The quantitative estimate of drug-likeness (QED) is 0.766. The number of aliphatic hydroxyl groups is 1. The Kier molecular flexibility index (Phi) is 3.72. The minimum absolute atomic E-state index is 0.107. The van der Waals surface area contributed by atoms with E-state index in [1.165, 1.54) is 25.7 Å². The summed E-state index contributed by atoms with van der Waals surface area (Å²) in [5, 5.41) is 10.6. The fourth-order valence-corrected chi connectivity index (χ4v) is 4.94. The Morgan fingerprint density at radius 3 is 2.17 bits per heavy atom. The van der Waals surface area contributed by atoms with Gasteiger partial charge < -0.3 is 9.53 Å². The topological polar surface area (TPSA) is 29.5 Å². The number of hydrogen-bond acceptors (Lipinski definition) is 2. The molecule has 0 aromatic carbocycles. The second kappa shape index (κ2) is 4.60. The molecule has 0 radical (unpaired) electrons. The van der Waals surface area contributed by atoms with E-state index in [0.29, 0.717) is 6.10 Å². The highest BCUT2D eigenvalue weighted by Gasteiger charge is 2.53. The van der Waals surface area contributed by atoms with Crippen LogP contribution in [0.1, 0.15) is 59.3 Å². The predicted molar refractivity (Wildman–Crippen MR) is 78.2 cm³/mol. The zero-order chi connectivity index (χ0) is 13.6. The van der Waals surface area contributed by atoms with E-state index in [-0.39, 0.29) is 16.6 Å². The molecule has 3 heteroatoms. The SMILES string of the molecule is CC(C)(C)[Si](C)(C)O[C@@H]1CCCC12CCC[C@H]2O. The Hall–Kier alpha value is 0.137. The highest BCUT2D eigenvalue weighted by molar-refractivity contribution is 6.74. The lowest BCUT2D eigenvalue weighted by Gasteiger charge is -2.44. The van der Waals surface area contributed by atoms with Crippen LogP contribution in [-0.4, -0.2) is 25.6 Å². The zero-order valence-electron chi connectivity index (χ0n) is 12.8. The molecule has 0 heterocycles. The molecule has 2 nitrogen and oxygen atoms in total. The Balaban J connectivity index is 2.14. The van der Waals surface area contributed by atoms with Gasteiger partial charge in [0.25, 0.3) is 0 Å². The summed E-state index contributed by atoms with van der Waals surface area (Å²) in [7, 11) is -1.70. The molecule has 1 N–H and O–H groups in total. The second-order valence-corrected chi connectivity index (χ2v) is 12.7. The third-order valence-corrected chi connectivity index (χ3v) is 10.3. The molecule has 18 heavy (non-hydrogen) atoms. The molecule has 1 spiro atoms. The first-order valence-corrected chi connectivity index (χ1v) is 10.5. The molecule has 2 aliphatic carbocycles. The minimum atomic E-state index is -1.70. The third kappa shape index (κ3) is 2.30. The lowest BCUT2D eigenvalue weighted by atomic mass is 9.80. The molecule has 106 valence electrons. The molecule has 0 bridgehead atoms. The van der Waals surface area contributed by atoms with Crippen LogP contribution in [0.25, 0.3) is 0 Å². The van der Waals surface area contributed by atoms with Gasteiger partial charge in [0.2, 0.25) is 0 Å². The van der Waals surface area contributed by atoms with Gasteiger partial charge in [0, 0.05) is 5.41 Å². The molecular formula is C15H30O2Si. The van der Waals surface area contributed by atoms with Gasteiger partial charge in [0.1, 0.15) is 0 Å². The maximum Gasteiger partial charge on any atom is 0.192 e. The van der Waals surface area contributed by atoms with Gasteiger partial charge in [-0.25, -0.2) is 0 Å². The van der Waals surface area contributed by atoms with Crippen molar-refractivity contribution >= 4 is 8.32 Å². The molecule has 0 aromatic rings. The van der Waals surface area contributed by atoms with Gasteiger partial charge in [-0.05, 0) is 43.8 Å². The van der Waals surface area contributed by atoms with Gasteiger partial charge in [0.15, 0.2) is 8.32 Å². The number of hydrogen-bond donors (Lipinski definition) is 1. The standard InChI is InChI=1S/C15H30O2Si/c1-14(2,3)18(4,5)17-13-9-7-11-15(13)10-6-8-12(15)16/h12-13,16H,6-11H2,1-5H3/t12-,13-,15?/m1/s1. The van der Waals surface area contributed by atoms with Gasteiger partial charge in [-0.2, -0.15) is 0 Å². The summed E-state index contributed by atoms with van der Waals surface area (Å²) >= 11 is 0. The van der Waals surface area contributed by atoms with Crippen molar-refractivity contribution in [1.29, 1.82) is 0 Å². The Bertz CT molecular complexity index is 304. The van der Waals surface area contributed by atoms with E-state index in [2.05, 4.69) is 33.9 Å². The van der Waals surface area contributed by atoms with Gasteiger partial charge in [0.05, 0.1) is 12.2 Å². The smallest absolute Gasteiger partial charge is 0.192 e. The predicted octanol–water partition coefficient (Wildman–Crippen LogP) is 4.09.